The minimum Gasteiger partial charge on any atom is -0.493 e. The number of nitrogens with zero attached hydrogens (tertiary/aromatic N) is 1. The van der Waals surface area contributed by atoms with E-state index in [0.29, 0.717) is 24.6 Å². The summed E-state index contributed by atoms with van der Waals surface area (Å²) in [5, 5.41) is 9.53. The second kappa shape index (κ2) is 7.75. The van der Waals surface area contributed by atoms with Crippen molar-refractivity contribution in [3.05, 3.63) is 23.8 Å². The number of amides is 1. The highest BCUT2D eigenvalue weighted by Gasteiger charge is 2.13. The number of aliphatic hydroxyl groups is 1. The Hall–Kier alpha value is -1.75. The number of carbonyl (C=O) groups excluding carboxylic acids is 1. The molecular formula is C15H23NO4. The van der Waals surface area contributed by atoms with E-state index in [0.717, 1.165) is 5.56 Å². The van der Waals surface area contributed by atoms with E-state index in [1.807, 2.05) is 13.8 Å². The fourth-order valence-corrected chi connectivity index (χ4v) is 1.87. The number of methoxy groups -OCH3 is 1. The summed E-state index contributed by atoms with van der Waals surface area (Å²) in [7, 11) is 1.53. The van der Waals surface area contributed by atoms with E-state index in [2.05, 4.69) is 0 Å². The lowest BCUT2D eigenvalue weighted by Crippen LogP contribution is -2.34. The first-order chi connectivity index (χ1) is 9.53. The van der Waals surface area contributed by atoms with E-state index in [-0.39, 0.29) is 12.5 Å². The predicted molar refractivity (Wildman–Crippen MR) is 77.1 cm³/mol. The third kappa shape index (κ3) is 4.13. The SMILES string of the molecule is CCN(CC)C(=O)COc1ccc([C@@H](C)O)cc1OC. The molecule has 0 heterocycles. The first kappa shape index (κ1) is 16.3. The number of rotatable bonds is 7. The van der Waals surface area contributed by atoms with Crippen LogP contribution in [0.1, 0.15) is 32.4 Å². The van der Waals surface area contributed by atoms with Crippen LogP contribution in [0.2, 0.25) is 0 Å². The molecule has 0 aliphatic rings. The highest BCUT2D eigenvalue weighted by molar-refractivity contribution is 5.77. The van der Waals surface area contributed by atoms with Crippen molar-refractivity contribution in [1.29, 1.82) is 0 Å². The molecule has 0 aliphatic heterocycles. The highest BCUT2D eigenvalue weighted by atomic mass is 16.5. The lowest BCUT2D eigenvalue weighted by molar-refractivity contribution is -0.132. The number of carbonyl (C=O) groups is 1. The van der Waals surface area contributed by atoms with Crippen molar-refractivity contribution in [2.24, 2.45) is 0 Å². The standard InChI is InChI=1S/C15H23NO4/c1-5-16(6-2)15(18)10-20-13-8-7-12(11(3)17)9-14(13)19-4/h7-9,11,17H,5-6,10H2,1-4H3/t11-/m1/s1. The number of ether oxygens (including phenoxy) is 2. The molecule has 1 aromatic carbocycles. The van der Waals surface area contributed by atoms with Crippen LogP contribution in [0.3, 0.4) is 0 Å². The van der Waals surface area contributed by atoms with Gasteiger partial charge in [-0.1, -0.05) is 6.07 Å². The van der Waals surface area contributed by atoms with E-state index in [4.69, 9.17) is 9.47 Å². The average Bonchev–Trinajstić information content (AvgIpc) is 2.45. The third-order valence-corrected chi connectivity index (χ3v) is 3.14. The summed E-state index contributed by atoms with van der Waals surface area (Å²) >= 11 is 0. The monoisotopic (exact) mass is 281 g/mol. The minimum atomic E-state index is -0.574. The normalized spacial score (nSPS) is 11.8. The molecule has 1 N–H and O–H groups in total. The number of hydrogen-bond donors (Lipinski definition) is 1. The molecule has 0 bridgehead atoms. The van der Waals surface area contributed by atoms with Gasteiger partial charge in [-0.2, -0.15) is 0 Å². The molecule has 0 fully saturated rings. The van der Waals surface area contributed by atoms with Gasteiger partial charge < -0.3 is 19.5 Å². The Morgan fingerprint density at radius 2 is 1.95 bits per heavy atom. The molecule has 0 saturated heterocycles. The maximum Gasteiger partial charge on any atom is 0.260 e. The Morgan fingerprint density at radius 1 is 1.30 bits per heavy atom. The topological polar surface area (TPSA) is 59.0 Å². The second-order valence-corrected chi connectivity index (χ2v) is 4.44. The molecule has 5 nitrogen and oxygen atoms in total. The van der Waals surface area contributed by atoms with Gasteiger partial charge in [-0.3, -0.25) is 4.79 Å². The van der Waals surface area contributed by atoms with Crippen LogP contribution in [0, 0.1) is 0 Å². The van der Waals surface area contributed by atoms with Gasteiger partial charge in [-0.15, -0.1) is 0 Å². The summed E-state index contributed by atoms with van der Waals surface area (Å²) in [5.41, 5.74) is 0.740. The summed E-state index contributed by atoms with van der Waals surface area (Å²) in [6.45, 7) is 6.84. The summed E-state index contributed by atoms with van der Waals surface area (Å²) < 4.78 is 10.7. The number of hydrogen-bond acceptors (Lipinski definition) is 4. The molecule has 1 atom stereocenters. The van der Waals surface area contributed by atoms with Crippen molar-refractivity contribution in [2.75, 3.05) is 26.8 Å². The van der Waals surface area contributed by atoms with Crippen LogP contribution in [0.4, 0.5) is 0 Å². The molecule has 112 valence electrons. The van der Waals surface area contributed by atoms with Gasteiger partial charge >= 0.3 is 0 Å². The van der Waals surface area contributed by atoms with Crippen LogP contribution < -0.4 is 9.47 Å². The minimum absolute atomic E-state index is 0.0218. The quantitative estimate of drug-likeness (QED) is 0.830. The van der Waals surface area contributed by atoms with Crippen molar-refractivity contribution in [3.8, 4) is 11.5 Å². The van der Waals surface area contributed by atoms with E-state index < -0.39 is 6.10 Å². The Bertz CT molecular complexity index is 441. The van der Waals surface area contributed by atoms with Gasteiger partial charge in [0.05, 0.1) is 13.2 Å². The van der Waals surface area contributed by atoms with E-state index >= 15 is 0 Å². The number of aliphatic hydroxyl groups excluding tert-OH is 1. The van der Waals surface area contributed by atoms with Gasteiger partial charge in [0.2, 0.25) is 0 Å². The van der Waals surface area contributed by atoms with Crippen molar-refractivity contribution >= 4 is 5.91 Å². The summed E-state index contributed by atoms with van der Waals surface area (Å²) in [4.78, 5) is 13.6. The van der Waals surface area contributed by atoms with Gasteiger partial charge in [0.15, 0.2) is 18.1 Å². The Labute approximate surface area is 120 Å². The van der Waals surface area contributed by atoms with Gasteiger partial charge in [0, 0.05) is 13.1 Å². The smallest absolute Gasteiger partial charge is 0.260 e. The number of likely N-dealkylation sites (N-methyl/N-ethyl adjacent to an activating group) is 1. The fraction of sp³-hybridized carbons (Fsp3) is 0.533. The van der Waals surface area contributed by atoms with Crippen LogP contribution in [0.15, 0.2) is 18.2 Å². The Kier molecular flexibility index (Phi) is 6.31. The maximum atomic E-state index is 11.9. The van der Waals surface area contributed by atoms with Crippen LogP contribution in [-0.4, -0.2) is 42.7 Å². The lowest BCUT2D eigenvalue weighted by atomic mass is 10.1. The summed E-state index contributed by atoms with van der Waals surface area (Å²) in [5.74, 6) is 0.949. The molecular weight excluding hydrogens is 258 g/mol. The molecule has 0 unspecified atom stereocenters. The first-order valence-corrected chi connectivity index (χ1v) is 6.80. The molecule has 1 rings (SSSR count). The van der Waals surface area contributed by atoms with Crippen molar-refractivity contribution in [1.82, 2.24) is 4.90 Å². The van der Waals surface area contributed by atoms with Crippen molar-refractivity contribution in [3.63, 3.8) is 0 Å². The molecule has 0 spiro atoms. The molecule has 0 aliphatic carbocycles. The molecule has 1 aromatic rings. The summed E-state index contributed by atoms with van der Waals surface area (Å²) in [6, 6.07) is 5.17. The summed E-state index contributed by atoms with van der Waals surface area (Å²) in [6.07, 6.45) is -0.574. The molecule has 0 aromatic heterocycles. The number of benzene rings is 1. The lowest BCUT2D eigenvalue weighted by Gasteiger charge is -2.19. The van der Waals surface area contributed by atoms with Crippen LogP contribution in [0.25, 0.3) is 0 Å². The Morgan fingerprint density at radius 3 is 2.45 bits per heavy atom. The largest absolute Gasteiger partial charge is 0.493 e. The molecule has 20 heavy (non-hydrogen) atoms. The maximum absolute atomic E-state index is 11.9. The molecule has 5 heteroatoms. The molecule has 0 saturated carbocycles. The van der Waals surface area contributed by atoms with E-state index in [1.54, 1.807) is 30.0 Å². The predicted octanol–water partition coefficient (Wildman–Crippen LogP) is 2.00. The zero-order chi connectivity index (χ0) is 15.1. The third-order valence-electron chi connectivity index (χ3n) is 3.14. The zero-order valence-corrected chi connectivity index (χ0v) is 12.5. The Balaban J connectivity index is 2.75. The zero-order valence-electron chi connectivity index (χ0n) is 12.5. The van der Waals surface area contributed by atoms with Crippen LogP contribution in [0.5, 0.6) is 11.5 Å². The van der Waals surface area contributed by atoms with Crippen LogP contribution in [-0.2, 0) is 4.79 Å². The first-order valence-electron chi connectivity index (χ1n) is 6.80. The van der Waals surface area contributed by atoms with Crippen molar-refractivity contribution in [2.45, 2.75) is 26.9 Å². The molecule has 0 radical (unpaired) electrons. The fourth-order valence-electron chi connectivity index (χ4n) is 1.87. The highest BCUT2D eigenvalue weighted by Crippen LogP contribution is 2.30. The van der Waals surface area contributed by atoms with E-state index in [1.165, 1.54) is 7.11 Å². The van der Waals surface area contributed by atoms with E-state index in [9.17, 15) is 9.90 Å². The van der Waals surface area contributed by atoms with Gasteiger partial charge in [0.1, 0.15) is 0 Å². The van der Waals surface area contributed by atoms with Gasteiger partial charge in [0.25, 0.3) is 5.91 Å². The molecule has 1 amide bonds. The van der Waals surface area contributed by atoms with Gasteiger partial charge in [-0.05, 0) is 38.5 Å². The van der Waals surface area contributed by atoms with Gasteiger partial charge in [-0.25, -0.2) is 0 Å². The van der Waals surface area contributed by atoms with Crippen LogP contribution >= 0.6 is 0 Å². The van der Waals surface area contributed by atoms with Crippen molar-refractivity contribution < 1.29 is 19.4 Å². The average molecular weight is 281 g/mol. The second-order valence-electron chi connectivity index (χ2n) is 4.44.